The number of carbonyl (C=O) groups excluding carboxylic acids is 1. The monoisotopic (exact) mass is 1220 g/mol. The normalized spacial score (nSPS) is 39.7. The Morgan fingerprint density at radius 1 is 0.518 bits per heavy atom. The number of alkyl carbamates (subject to hydrolysis) is 1. The SMILES string of the molecule is COC[C@H]1O[C@@H](CCNC(=O)OCc2ccccc2)[C@H](OC)[C@@H](OS(=O)(=O)[O-])[C@@H]1O[C@@H]1O[C@@H](C(=O)O)[C@@H](O[C@H]2O[C@H](CO)[C@@H](O[C@@H]3O[C@H](C(=O)O)[C@@H](O[C@H]4O[C@H](CO)[C@@H](OC)[C@H](OC)[C@H]4OC)[C@H](OC)[C@H]3OC)[C@H](O)[C@H]2O)[C@H](OC)[C@H]1OC. The first-order chi connectivity index (χ1) is 39.7. The maximum atomic E-state index is 13.2. The summed E-state index contributed by atoms with van der Waals surface area (Å²) in [4.78, 5) is 38.7. The predicted octanol–water partition coefficient (Wildman–Crippen LogP) is -4.00. The molecule has 476 valence electrons. The lowest BCUT2D eigenvalue weighted by Gasteiger charge is -2.51. The van der Waals surface area contributed by atoms with E-state index in [1.807, 2.05) is 0 Å². The minimum atomic E-state index is -5.57. The van der Waals surface area contributed by atoms with Crippen LogP contribution in [0.4, 0.5) is 4.79 Å². The van der Waals surface area contributed by atoms with Crippen molar-refractivity contribution in [2.24, 2.45) is 0 Å². The van der Waals surface area contributed by atoms with Gasteiger partial charge in [-0.3, -0.25) is 4.18 Å². The number of carboxylic acid groups (broad SMARTS) is 2. The van der Waals surface area contributed by atoms with E-state index in [4.69, 9.17) is 94.2 Å². The third kappa shape index (κ3) is 16.3. The number of benzene rings is 1. The van der Waals surface area contributed by atoms with Gasteiger partial charge in [-0.15, -0.1) is 0 Å². The Balaban J connectivity index is 1.18. The van der Waals surface area contributed by atoms with Crippen LogP contribution in [0.15, 0.2) is 30.3 Å². The van der Waals surface area contributed by atoms with Crippen molar-refractivity contribution in [3.8, 4) is 0 Å². The summed E-state index contributed by atoms with van der Waals surface area (Å²) >= 11 is 0. The molecule has 0 unspecified atom stereocenters. The summed E-state index contributed by atoms with van der Waals surface area (Å²) in [6, 6.07) is 8.84. The van der Waals surface area contributed by atoms with Gasteiger partial charge in [0.15, 0.2) is 37.4 Å². The summed E-state index contributed by atoms with van der Waals surface area (Å²) in [7, 11) is 5.54. The first kappa shape index (κ1) is 68.5. The molecule has 34 heteroatoms. The fourth-order valence-corrected chi connectivity index (χ4v) is 11.3. The molecule has 0 bridgehead atoms. The average Bonchev–Trinajstić information content (AvgIpc) is 2.91. The lowest BCUT2D eigenvalue weighted by Crippen LogP contribution is -2.69. The molecule has 1 amide bonds. The van der Waals surface area contributed by atoms with Gasteiger partial charge in [-0.05, 0) is 12.0 Å². The third-order valence-corrected chi connectivity index (χ3v) is 15.1. The number of hydrogen-bond donors (Lipinski definition) is 7. The lowest BCUT2D eigenvalue weighted by molar-refractivity contribution is -0.390. The summed E-state index contributed by atoms with van der Waals surface area (Å²) in [5, 5.41) is 67.9. The second-order valence-corrected chi connectivity index (χ2v) is 20.4. The summed E-state index contributed by atoms with van der Waals surface area (Å²) in [6.45, 7) is -2.08. The maximum Gasteiger partial charge on any atom is 0.407 e. The van der Waals surface area contributed by atoms with Crippen LogP contribution in [-0.4, -0.2) is 305 Å². The fraction of sp³-hybridized carbons (Fsp3) is 0.816. The molecule has 1 aromatic rings. The van der Waals surface area contributed by atoms with Crippen LogP contribution in [0.1, 0.15) is 12.0 Å². The van der Waals surface area contributed by atoms with Crippen molar-refractivity contribution in [1.29, 1.82) is 0 Å². The van der Waals surface area contributed by atoms with Crippen LogP contribution in [0.5, 0.6) is 0 Å². The van der Waals surface area contributed by atoms with Gasteiger partial charge in [0.1, 0.15) is 116 Å². The molecule has 5 heterocycles. The molecule has 0 saturated carbocycles. The Morgan fingerprint density at radius 3 is 1.42 bits per heavy atom. The Bertz CT molecular complexity index is 2260. The quantitative estimate of drug-likeness (QED) is 0.0297. The minimum absolute atomic E-state index is 0.0388. The highest BCUT2D eigenvalue weighted by Gasteiger charge is 2.60. The van der Waals surface area contributed by atoms with Gasteiger partial charge in [0, 0.05) is 70.5 Å². The molecule has 1 aromatic carbocycles. The van der Waals surface area contributed by atoms with E-state index in [1.165, 1.54) is 42.7 Å². The molecule has 5 aliphatic heterocycles. The topological polar surface area (TPSA) is 426 Å². The molecule has 5 saturated heterocycles. The third-order valence-electron chi connectivity index (χ3n) is 14.6. The number of aliphatic carboxylic acids is 2. The van der Waals surface area contributed by atoms with Crippen molar-refractivity contribution in [1.82, 2.24) is 5.32 Å². The van der Waals surface area contributed by atoms with E-state index in [0.717, 1.165) is 26.9 Å². The zero-order chi connectivity index (χ0) is 60.9. The largest absolute Gasteiger partial charge is 0.726 e. The van der Waals surface area contributed by atoms with Crippen LogP contribution in [0.2, 0.25) is 0 Å². The van der Waals surface area contributed by atoms with E-state index in [-0.39, 0.29) is 26.2 Å². The second-order valence-electron chi connectivity index (χ2n) is 19.4. The summed E-state index contributed by atoms with van der Waals surface area (Å²) in [6.07, 6.45) is -40.5. The van der Waals surface area contributed by atoms with Gasteiger partial charge in [0.2, 0.25) is 10.4 Å². The molecule has 0 spiro atoms. The van der Waals surface area contributed by atoms with Gasteiger partial charge in [-0.25, -0.2) is 22.8 Å². The first-order valence-corrected chi connectivity index (χ1v) is 27.3. The fourth-order valence-electron chi connectivity index (χ4n) is 10.8. The van der Waals surface area contributed by atoms with E-state index in [9.17, 15) is 58.0 Å². The van der Waals surface area contributed by atoms with E-state index in [2.05, 4.69) is 5.32 Å². The average molecular weight is 1220 g/mol. The Morgan fingerprint density at radius 2 is 0.952 bits per heavy atom. The molecule has 5 fully saturated rings. The molecule has 25 atom stereocenters. The second kappa shape index (κ2) is 31.9. The van der Waals surface area contributed by atoms with Crippen LogP contribution in [0.25, 0.3) is 0 Å². The summed E-state index contributed by atoms with van der Waals surface area (Å²) < 4.78 is 153. The smallest absolute Gasteiger partial charge is 0.407 e. The van der Waals surface area contributed by atoms with Crippen molar-refractivity contribution in [2.45, 2.75) is 166 Å². The van der Waals surface area contributed by atoms with Crippen molar-refractivity contribution in [3.63, 3.8) is 0 Å². The van der Waals surface area contributed by atoms with Crippen LogP contribution < -0.4 is 5.32 Å². The molecule has 5 aliphatic rings. The number of nitrogens with one attached hydrogen (secondary N) is 1. The first-order valence-electron chi connectivity index (χ1n) is 25.9. The molecular weight excluding hydrogens is 1150 g/mol. The lowest BCUT2D eigenvalue weighted by atomic mass is 9.92. The van der Waals surface area contributed by atoms with Crippen LogP contribution in [-0.2, 0) is 121 Å². The Kier molecular flexibility index (Phi) is 26.3. The Labute approximate surface area is 477 Å². The number of ether oxygens (including phenoxy) is 19. The van der Waals surface area contributed by atoms with Crippen molar-refractivity contribution in [3.05, 3.63) is 35.9 Å². The van der Waals surface area contributed by atoms with Gasteiger partial charge in [0.25, 0.3) is 0 Å². The highest BCUT2D eigenvalue weighted by Crippen LogP contribution is 2.39. The number of methoxy groups -OCH3 is 9. The van der Waals surface area contributed by atoms with Crippen molar-refractivity contribution in [2.75, 3.05) is 90.4 Å². The van der Waals surface area contributed by atoms with Crippen LogP contribution in [0, 0.1) is 0 Å². The standard InChI is InChI=1S/C49H77NO32S/c1-63-20-25-31(37(82-83(60,61)62)29(64-2)22(73-25)15-16-50-49(59)72-19-21-13-11-10-12-14-21)77-48-42(71-9)33(67-5)35(38(81-48)43(55)56)78-45-27(54)26(53)28(23(17-51)74-45)76-47-41(70-8)34(68-6)36(39(80-47)44(57)58)79-46-40(69-7)32(66-4)30(65-3)24(18-52)75-46/h10-14,22-42,45-48,51-54H,15-20H2,1-9H3,(H,50,59)(H,55,56)(H,57,58)(H,60,61,62)/p-1/t22-,23+,24+,25+,26+,27+,28+,29-,30+,31+,32-,33-,34-,35-,36-,37+,38+,39-,40+,41+,42+,45+,46+,47+,48+/m0/s1. The van der Waals surface area contributed by atoms with Crippen molar-refractivity contribution < 1.29 is 152 Å². The summed E-state index contributed by atoms with van der Waals surface area (Å²) in [5.41, 5.74) is 0.722. The van der Waals surface area contributed by atoms with E-state index < -0.39 is 195 Å². The van der Waals surface area contributed by atoms with Gasteiger partial charge < -0.3 is 131 Å². The number of aliphatic hydroxyl groups excluding tert-OH is 4. The maximum absolute atomic E-state index is 13.2. The van der Waals surface area contributed by atoms with Gasteiger partial charge >= 0.3 is 18.0 Å². The molecule has 0 aromatic heterocycles. The molecule has 7 N–H and O–H groups in total. The predicted molar refractivity (Wildman–Crippen MR) is 266 cm³/mol. The van der Waals surface area contributed by atoms with Crippen molar-refractivity contribution >= 4 is 28.4 Å². The number of aliphatic hydroxyl groups is 4. The zero-order valence-electron chi connectivity index (χ0n) is 46.8. The molecular formula is C49H76NO32S-. The number of carbonyl (C=O) groups is 3. The minimum Gasteiger partial charge on any atom is -0.726 e. The summed E-state index contributed by atoms with van der Waals surface area (Å²) in [5.74, 6) is -3.34. The molecule has 83 heavy (non-hydrogen) atoms. The molecule has 6 rings (SSSR count). The highest BCUT2D eigenvalue weighted by molar-refractivity contribution is 7.80. The van der Waals surface area contributed by atoms with Crippen LogP contribution in [0.3, 0.4) is 0 Å². The van der Waals surface area contributed by atoms with Gasteiger partial charge in [-0.1, -0.05) is 30.3 Å². The molecule has 0 aliphatic carbocycles. The number of carboxylic acids is 2. The Hall–Kier alpha value is -3.58. The van der Waals surface area contributed by atoms with Crippen LogP contribution >= 0.6 is 0 Å². The van der Waals surface area contributed by atoms with E-state index in [1.54, 1.807) is 30.3 Å². The number of rotatable bonds is 29. The van der Waals surface area contributed by atoms with E-state index in [0.29, 0.717) is 0 Å². The molecule has 0 radical (unpaired) electrons. The highest BCUT2D eigenvalue weighted by atomic mass is 32.3. The molecule has 33 nitrogen and oxygen atoms in total. The van der Waals surface area contributed by atoms with Gasteiger partial charge in [-0.2, -0.15) is 0 Å². The van der Waals surface area contributed by atoms with Gasteiger partial charge in [0.05, 0.1) is 25.9 Å². The zero-order valence-corrected chi connectivity index (χ0v) is 47.6. The van der Waals surface area contributed by atoms with E-state index >= 15 is 0 Å². The number of hydrogen-bond acceptors (Lipinski definition) is 30. The number of amides is 1.